The van der Waals surface area contributed by atoms with Crippen molar-refractivity contribution in [1.82, 2.24) is 0 Å². The van der Waals surface area contributed by atoms with Crippen molar-refractivity contribution in [3.8, 4) is 11.8 Å². The molecule has 25 heavy (non-hydrogen) atoms. The number of allylic oxidation sites excluding steroid dienone is 1. The van der Waals surface area contributed by atoms with Gasteiger partial charge < -0.3 is 9.64 Å². The predicted molar refractivity (Wildman–Crippen MR) is 101 cm³/mol. The van der Waals surface area contributed by atoms with Crippen molar-refractivity contribution in [1.29, 1.82) is 5.26 Å². The van der Waals surface area contributed by atoms with Crippen molar-refractivity contribution in [3.05, 3.63) is 65.7 Å². The second-order valence-electron chi connectivity index (χ2n) is 5.43. The summed E-state index contributed by atoms with van der Waals surface area (Å²) in [6.45, 7) is 6.20. The molecule has 4 heteroatoms. The van der Waals surface area contributed by atoms with Crippen molar-refractivity contribution in [2.75, 3.05) is 24.6 Å². The zero-order valence-corrected chi connectivity index (χ0v) is 14.6. The first-order valence-corrected chi connectivity index (χ1v) is 8.35. The first-order chi connectivity index (χ1) is 12.2. The number of ketones is 1. The highest BCUT2D eigenvalue weighted by Gasteiger charge is 2.03. The summed E-state index contributed by atoms with van der Waals surface area (Å²) in [7, 11) is 0. The lowest BCUT2D eigenvalue weighted by Gasteiger charge is -2.20. The molecular formula is C21H22N2O2. The highest BCUT2D eigenvalue weighted by Crippen LogP contribution is 2.17. The maximum atomic E-state index is 12.2. The van der Waals surface area contributed by atoms with Crippen LogP contribution in [0.15, 0.2) is 54.6 Å². The number of benzene rings is 2. The van der Waals surface area contributed by atoms with Crippen molar-refractivity contribution < 1.29 is 9.53 Å². The normalized spacial score (nSPS) is 10.4. The van der Waals surface area contributed by atoms with Crippen LogP contribution in [-0.4, -0.2) is 25.5 Å². The quantitative estimate of drug-likeness (QED) is 0.532. The molecule has 2 aromatic rings. The maximum absolute atomic E-state index is 12.2. The number of rotatable bonds is 8. The summed E-state index contributed by atoms with van der Waals surface area (Å²) in [5, 5.41) is 8.48. The van der Waals surface area contributed by atoms with Gasteiger partial charge in [-0.25, -0.2) is 0 Å². The Kier molecular flexibility index (Phi) is 6.79. The van der Waals surface area contributed by atoms with Gasteiger partial charge in [0.25, 0.3) is 0 Å². The lowest BCUT2D eigenvalue weighted by Crippen LogP contribution is -2.21. The number of anilines is 1. The molecule has 0 unspecified atom stereocenters. The molecule has 0 spiro atoms. The molecule has 0 aliphatic rings. The highest BCUT2D eigenvalue weighted by molar-refractivity contribution is 6.06. The Labute approximate surface area is 149 Å². The molecule has 2 aromatic carbocycles. The van der Waals surface area contributed by atoms with Crippen LogP contribution in [0.3, 0.4) is 0 Å². The van der Waals surface area contributed by atoms with Crippen molar-refractivity contribution >= 4 is 17.5 Å². The summed E-state index contributed by atoms with van der Waals surface area (Å²) in [4.78, 5) is 14.5. The molecule has 0 saturated carbocycles. The number of hydrogen-bond donors (Lipinski definition) is 0. The number of carbonyl (C=O) groups is 1. The summed E-state index contributed by atoms with van der Waals surface area (Å²) in [5.74, 6) is 0.508. The minimum atomic E-state index is -0.0698. The van der Waals surface area contributed by atoms with Crippen LogP contribution in [-0.2, 0) is 0 Å². The fourth-order valence-corrected chi connectivity index (χ4v) is 2.48. The van der Waals surface area contributed by atoms with Gasteiger partial charge in [0, 0.05) is 24.3 Å². The average Bonchev–Trinajstić information content (AvgIpc) is 2.67. The molecular weight excluding hydrogens is 312 g/mol. The van der Waals surface area contributed by atoms with Gasteiger partial charge in [0.15, 0.2) is 12.4 Å². The van der Waals surface area contributed by atoms with Gasteiger partial charge >= 0.3 is 0 Å². The van der Waals surface area contributed by atoms with Crippen molar-refractivity contribution in [2.24, 2.45) is 0 Å². The fraction of sp³-hybridized carbons (Fsp3) is 0.238. The average molecular weight is 334 g/mol. The van der Waals surface area contributed by atoms with Crippen molar-refractivity contribution in [3.63, 3.8) is 0 Å². The number of nitriles is 1. The molecule has 128 valence electrons. The third kappa shape index (κ3) is 5.22. The largest absolute Gasteiger partial charge is 0.479 e. The van der Waals surface area contributed by atoms with E-state index in [0.717, 1.165) is 18.7 Å². The summed E-state index contributed by atoms with van der Waals surface area (Å²) in [6.07, 6.45) is 3.38. The summed E-state index contributed by atoms with van der Waals surface area (Å²) in [6, 6.07) is 16.8. The van der Waals surface area contributed by atoms with Crippen LogP contribution < -0.4 is 9.64 Å². The Morgan fingerprint density at radius 2 is 1.72 bits per heavy atom. The minimum absolute atomic E-state index is 0.00329. The van der Waals surface area contributed by atoms with Crippen LogP contribution in [0.1, 0.15) is 29.8 Å². The zero-order chi connectivity index (χ0) is 18.1. The number of ether oxygens (including phenoxy) is 1. The fourth-order valence-electron chi connectivity index (χ4n) is 2.48. The van der Waals surface area contributed by atoms with Crippen molar-refractivity contribution in [2.45, 2.75) is 13.8 Å². The van der Waals surface area contributed by atoms with Gasteiger partial charge in [-0.05, 0) is 61.9 Å². The topological polar surface area (TPSA) is 53.3 Å². The van der Waals surface area contributed by atoms with Gasteiger partial charge in [-0.2, -0.15) is 5.26 Å². The van der Waals surface area contributed by atoms with E-state index in [1.807, 2.05) is 24.3 Å². The first kappa shape index (κ1) is 18.3. The third-order valence-electron chi connectivity index (χ3n) is 3.89. The summed E-state index contributed by atoms with van der Waals surface area (Å²) >= 11 is 0. The lowest BCUT2D eigenvalue weighted by molar-refractivity contribution is 0.104. The van der Waals surface area contributed by atoms with E-state index >= 15 is 0 Å². The number of hydrogen-bond acceptors (Lipinski definition) is 4. The standard InChI is InChI=1S/C21H22N2O2/c1-3-23(4-2)19-10-5-17(6-11-19)7-14-21(24)18-8-12-20(13-9-18)25-16-15-22/h5-14H,3-4,16H2,1-2H3/b14-7+. The monoisotopic (exact) mass is 334 g/mol. The minimum Gasteiger partial charge on any atom is -0.479 e. The molecule has 2 rings (SSSR count). The van der Waals surface area contributed by atoms with Gasteiger partial charge in [-0.3, -0.25) is 4.79 Å². The zero-order valence-electron chi connectivity index (χ0n) is 14.6. The van der Waals surface area contributed by atoms with E-state index in [1.165, 1.54) is 5.69 Å². The lowest BCUT2D eigenvalue weighted by atomic mass is 10.1. The van der Waals surface area contributed by atoms with E-state index in [0.29, 0.717) is 11.3 Å². The molecule has 0 bridgehead atoms. The molecule has 0 aliphatic carbocycles. The van der Waals surface area contributed by atoms with Crippen LogP contribution in [0.2, 0.25) is 0 Å². The molecule has 4 nitrogen and oxygen atoms in total. The Morgan fingerprint density at radius 1 is 1.08 bits per heavy atom. The van der Waals surface area contributed by atoms with Crippen LogP contribution in [0, 0.1) is 11.3 Å². The molecule has 0 amide bonds. The first-order valence-electron chi connectivity index (χ1n) is 8.35. The van der Waals surface area contributed by atoms with E-state index in [4.69, 9.17) is 10.00 Å². The number of carbonyl (C=O) groups excluding carboxylic acids is 1. The second kappa shape index (κ2) is 9.29. The molecule has 0 aromatic heterocycles. The second-order valence-corrected chi connectivity index (χ2v) is 5.43. The molecule has 0 atom stereocenters. The van der Waals surface area contributed by atoms with Gasteiger partial charge in [-0.15, -0.1) is 0 Å². The maximum Gasteiger partial charge on any atom is 0.185 e. The van der Waals surface area contributed by atoms with Gasteiger partial charge in [-0.1, -0.05) is 18.2 Å². The van der Waals surface area contributed by atoms with E-state index in [9.17, 15) is 4.79 Å². The van der Waals surface area contributed by atoms with Gasteiger partial charge in [0.2, 0.25) is 0 Å². The molecule has 0 heterocycles. The van der Waals surface area contributed by atoms with E-state index in [1.54, 1.807) is 30.3 Å². The van der Waals surface area contributed by atoms with E-state index in [-0.39, 0.29) is 12.4 Å². The Morgan fingerprint density at radius 3 is 2.28 bits per heavy atom. The van der Waals surface area contributed by atoms with E-state index < -0.39 is 0 Å². The SMILES string of the molecule is CCN(CC)c1ccc(/C=C/C(=O)c2ccc(OCC#N)cc2)cc1. The van der Waals surface area contributed by atoms with E-state index in [2.05, 4.69) is 30.9 Å². The summed E-state index contributed by atoms with van der Waals surface area (Å²) in [5.41, 5.74) is 2.75. The molecule has 0 saturated heterocycles. The van der Waals surface area contributed by atoms with Gasteiger partial charge in [0.1, 0.15) is 11.8 Å². The molecule has 0 N–H and O–H groups in total. The van der Waals surface area contributed by atoms with Crippen LogP contribution in [0.5, 0.6) is 5.75 Å². The predicted octanol–water partition coefficient (Wildman–Crippen LogP) is 4.33. The van der Waals surface area contributed by atoms with Crippen LogP contribution in [0.25, 0.3) is 6.08 Å². The number of nitrogens with zero attached hydrogens (tertiary/aromatic N) is 2. The molecule has 0 fully saturated rings. The third-order valence-corrected chi connectivity index (χ3v) is 3.89. The van der Waals surface area contributed by atoms with Gasteiger partial charge in [0.05, 0.1) is 0 Å². The molecule has 0 aliphatic heterocycles. The Bertz CT molecular complexity index is 752. The Hall–Kier alpha value is -3.06. The smallest absolute Gasteiger partial charge is 0.185 e. The van der Waals surface area contributed by atoms with Crippen LogP contribution in [0.4, 0.5) is 5.69 Å². The molecule has 0 radical (unpaired) electrons. The Balaban J connectivity index is 2.01. The summed E-state index contributed by atoms with van der Waals surface area (Å²) < 4.78 is 5.17. The highest BCUT2D eigenvalue weighted by atomic mass is 16.5. The van der Waals surface area contributed by atoms with Crippen LogP contribution >= 0.6 is 0 Å².